The van der Waals surface area contributed by atoms with Gasteiger partial charge in [0.2, 0.25) is 5.91 Å². The molecule has 1 aliphatic rings. The summed E-state index contributed by atoms with van der Waals surface area (Å²) in [5.41, 5.74) is 3.64. The highest BCUT2D eigenvalue weighted by atomic mass is 16.5. The Balaban J connectivity index is 1.67. The second kappa shape index (κ2) is 9.54. The minimum Gasteiger partial charge on any atom is -0.496 e. The van der Waals surface area contributed by atoms with Crippen LogP contribution >= 0.6 is 0 Å². The first kappa shape index (κ1) is 20.8. The van der Waals surface area contributed by atoms with Crippen molar-refractivity contribution < 1.29 is 19.1 Å². The predicted molar refractivity (Wildman–Crippen MR) is 113 cm³/mol. The van der Waals surface area contributed by atoms with Crippen LogP contribution in [-0.4, -0.2) is 56.7 Å². The number of benzene rings is 2. The summed E-state index contributed by atoms with van der Waals surface area (Å²) in [6.45, 7) is 6.93. The van der Waals surface area contributed by atoms with Crippen LogP contribution in [-0.2, 0) is 9.53 Å². The second-order valence-corrected chi connectivity index (χ2v) is 7.10. The topological polar surface area (TPSA) is 79.9 Å². The molecule has 1 saturated heterocycles. The summed E-state index contributed by atoms with van der Waals surface area (Å²) in [5, 5.41) is 5.79. The van der Waals surface area contributed by atoms with Gasteiger partial charge in [-0.05, 0) is 43.2 Å². The zero-order chi connectivity index (χ0) is 20.8. The third-order valence-corrected chi connectivity index (χ3v) is 4.91. The van der Waals surface area contributed by atoms with E-state index >= 15 is 0 Å². The molecule has 2 aromatic rings. The van der Waals surface area contributed by atoms with E-state index in [0.717, 1.165) is 24.2 Å². The number of aryl methyl sites for hydroxylation is 2. The zero-order valence-corrected chi connectivity index (χ0v) is 17.1. The van der Waals surface area contributed by atoms with Gasteiger partial charge in [0, 0.05) is 36.1 Å². The summed E-state index contributed by atoms with van der Waals surface area (Å²) in [7, 11) is 1.60. The van der Waals surface area contributed by atoms with Gasteiger partial charge in [0.25, 0.3) is 5.91 Å². The zero-order valence-electron chi connectivity index (χ0n) is 17.1. The number of methoxy groups -OCH3 is 1. The van der Waals surface area contributed by atoms with Crippen molar-refractivity contribution >= 4 is 23.2 Å². The second-order valence-electron chi connectivity index (χ2n) is 7.10. The highest BCUT2D eigenvalue weighted by Crippen LogP contribution is 2.23. The van der Waals surface area contributed by atoms with E-state index in [-0.39, 0.29) is 11.8 Å². The van der Waals surface area contributed by atoms with Gasteiger partial charge in [0.15, 0.2) is 0 Å². The van der Waals surface area contributed by atoms with Crippen molar-refractivity contribution in [3.05, 3.63) is 53.1 Å². The predicted octanol–water partition coefficient (Wildman–Crippen LogP) is 2.84. The summed E-state index contributed by atoms with van der Waals surface area (Å²) in [4.78, 5) is 27.1. The van der Waals surface area contributed by atoms with E-state index in [1.807, 2.05) is 32.0 Å². The molecule has 0 aromatic heterocycles. The number of ether oxygens (including phenoxy) is 2. The van der Waals surface area contributed by atoms with Gasteiger partial charge in [-0.25, -0.2) is 0 Å². The molecule has 7 heteroatoms. The Bertz CT molecular complexity index is 892. The Labute approximate surface area is 171 Å². The monoisotopic (exact) mass is 397 g/mol. The molecule has 0 radical (unpaired) electrons. The van der Waals surface area contributed by atoms with Crippen LogP contribution in [0, 0.1) is 13.8 Å². The quantitative estimate of drug-likeness (QED) is 0.784. The van der Waals surface area contributed by atoms with Crippen LogP contribution in [0.5, 0.6) is 5.75 Å². The number of hydrogen-bond acceptors (Lipinski definition) is 5. The average Bonchev–Trinajstić information content (AvgIpc) is 2.71. The molecular formula is C22H27N3O4. The third kappa shape index (κ3) is 5.56. The fourth-order valence-electron chi connectivity index (χ4n) is 3.15. The van der Waals surface area contributed by atoms with Crippen LogP contribution < -0.4 is 15.4 Å². The Morgan fingerprint density at radius 2 is 1.76 bits per heavy atom. The lowest BCUT2D eigenvalue weighted by atomic mass is 10.1. The number of anilines is 2. The van der Waals surface area contributed by atoms with Gasteiger partial charge in [-0.3, -0.25) is 14.5 Å². The van der Waals surface area contributed by atoms with E-state index in [1.54, 1.807) is 25.3 Å². The number of amides is 2. The number of carbonyl (C=O) groups is 2. The normalized spacial score (nSPS) is 14.3. The van der Waals surface area contributed by atoms with E-state index in [9.17, 15) is 9.59 Å². The van der Waals surface area contributed by atoms with Crippen molar-refractivity contribution in [1.29, 1.82) is 0 Å². The van der Waals surface area contributed by atoms with Crippen molar-refractivity contribution in [2.75, 3.05) is 50.6 Å². The van der Waals surface area contributed by atoms with Crippen molar-refractivity contribution in [3.63, 3.8) is 0 Å². The van der Waals surface area contributed by atoms with Crippen molar-refractivity contribution in [2.24, 2.45) is 0 Å². The van der Waals surface area contributed by atoms with Crippen molar-refractivity contribution in [2.45, 2.75) is 13.8 Å². The first-order valence-electron chi connectivity index (χ1n) is 9.63. The molecule has 7 nitrogen and oxygen atoms in total. The van der Waals surface area contributed by atoms with Crippen LogP contribution in [0.2, 0.25) is 0 Å². The minimum absolute atomic E-state index is 0.101. The van der Waals surface area contributed by atoms with Gasteiger partial charge < -0.3 is 20.1 Å². The summed E-state index contributed by atoms with van der Waals surface area (Å²) < 4.78 is 10.6. The highest BCUT2D eigenvalue weighted by Gasteiger charge is 2.16. The van der Waals surface area contributed by atoms with E-state index in [4.69, 9.17) is 9.47 Å². The maximum absolute atomic E-state index is 12.7. The first-order chi connectivity index (χ1) is 14.0. The van der Waals surface area contributed by atoms with Crippen LogP contribution in [0.3, 0.4) is 0 Å². The van der Waals surface area contributed by atoms with Crippen LogP contribution in [0.15, 0.2) is 36.4 Å². The Hall–Kier alpha value is -2.90. The van der Waals surface area contributed by atoms with E-state index in [0.29, 0.717) is 42.4 Å². The molecule has 0 unspecified atom stereocenters. The summed E-state index contributed by atoms with van der Waals surface area (Å²) in [6, 6.07) is 10.8. The molecule has 2 aromatic carbocycles. The molecule has 0 saturated carbocycles. The van der Waals surface area contributed by atoms with Gasteiger partial charge in [0.1, 0.15) is 5.75 Å². The maximum atomic E-state index is 12.7. The van der Waals surface area contributed by atoms with Crippen LogP contribution in [0.1, 0.15) is 21.5 Å². The SMILES string of the molecule is COc1cc(NC(=O)c2ccc(C)c(NC(=O)CN3CCOCC3)c2)ccc1C. The number of carbonyl (C=O) groups excluding carboxylic acids is 2. The minimum atomic E-state index is -0.250. The largest absolute Gasteiger partial charge is 0.496 e. The highest BCUT2D eigenvalue weighted by molar-refractivity contribution is 6.05. The molecule has 2 N–H and O–H groups in total. The van der Waals surface area contributed by atoms with Crippen molar-refractivity contribution in [1.82, 2.24) is 4.90 Å². The molecule has 29 heavy (non-hydrogen) atoms. The average molecular weight is 397 g/mol. The smallest absolute Gasteiger partial charge is 0.255 e. The molecule has 1 fully saturated rings. The Kier molecular flexibility index (Phi) is 6.85. The van der Waals surface area contributed by atoms with E-state index < -0.39 is 0 Å². The number of rotatable bonds is 6. The fourth-order valence-corrected chi connectivity index (χ4v) is 3.15. The van der Waals surface area contributed by atoms with Crippen molar-refractivity contribution in [3.8, 4) is 5.75 Å². The fraction of sp³-hybridized carbons (Fsp3) is 0.364. The third-order valence-electron chi connectivity index (χ3n) is 4.91. The molecule has 0 bridgehead atoms. The first-order valence-corrected chi connectivity index (χ1v) is 9.63. The molecule has 0 spiro atoms. The molecule has 0 atom stereocenters. The lowest BCUT2D eigenvalue weighted by molar-refractivity contribution is -0.118. The molecule has 1 aliphatic heterocycles. The maximum Gasteiger partial charge on any atom is 0.255 e. The molecule has 2 amide bonds. The standard InChI is InChI=1S/C22H27N3O4/c1-15-4-6-17(22(27)23-18-7-5-16(2)20(13-18)28-3)12-19(15)24-21(26)14-25-8-10-29-11-9-25/h4-7,12-13H,8-11,14H2,1-3H3,(H,23,27)(H,24,26). The van der Waals surface area contributed by atoms with E-state index in [2.05, 4.69) is 15.5 Å². The lowest BCUT2D eigenvalue weighted by Crippen LogP contribution is -2.41. The Morgan fingerprint density at radius 3 is 2.48 bits per heavy atom. The van der Waals surface area contributed by atoms with Crippen LogP contribution in [0.25, 0.3) is 0 Å². The molecule has 3 rings (SSSR count). The molecule has 154 valence electrons. The summed E-state index contributed by atoms with van der Waals surface area (Å²) in [5.74, 6) is 0.359. The van der Waals surface area contributed by atoms with Gasteiger partial charge >= 0.3 is 0 Å². The lowest BCUT2D eigenvalue weighted by Gasteiger charge is -2.26. The molecule has 0 aliphatic carbocycles. The number of hydrogen-bond donors (Lipinski definition) is 2. The van der Waals surface area contributed by atoms with Gasteiger partial charge in [-0.1, -0.05) is 12.1 Å². The number of nitrogens with one attached hydrogen (secondary N) is 2. The number of morpholine rings is 1. The molecular weight excluding hydrogens is 370 g/mol. The van der Waals surface area contributed by atoms with Crippen LogP contribution in [0.4, 0.5) is 11.4 Å². The van der Waals surface area contributed by atoms with Gasteiger partial charge in [-0.15, -0.1) is 0 Å². The Morgan fingerprint density at radius 1 is 1.03 bits per heavy atom. The van der Waals surface area contributed by atoms with Gasteiger partial charge in [0.05, 0.1) is 26.9 Å². The molecule has 1 heterocycles. The summed E-state index contributed by atoms with van der Waals surface area (Å²) in [6.07, 6.45) is 0. The van der Waals surface area contributed by atoms with E-state index in [1.165, 1.54) is 0 Å². The number of nitrogens with zero attached hydrogens (tertiary/aromatic N) is 1. The van der Waals surface area contributed by atoms with Gasteiger partial charge in [-0.2, -0.15) is 0 Å². The summed E-state index contributed by atoms with van der Waals surface area (Å²) >= 11 is 0.